The number of carbonyl (C=O) groups excluding carboxylic acids is 1. The number of nitrogens with one attached hydrogen (secondary N) is 1. The maximum absolute atomic E-state index is 12.3. The molecule has 1 atom stereocenters. The van der Waals surface area contributed by atoms with Crippen molar-refractivity contribution in [2.24, 2.45) is 0 Å². The summed E-state index contributed by atoms with van der Waals surface area (Å²) in [7, 11) is 5.61. The van der Waals surface area contributed by atoms with Crippen LogP contribution < -0.4 is 15.0 Å². The quantitative estimate of drug-likeness (QED) is 0.816. The van der Waals surface area contributed by atoms with E-state index >= 15 is 0 Å². The van der Waals surface area contributed by atoms with E-state index in [1.54, 1.807) is 7.11 Å². The number of nitrogens with zero attached hydrogens (tertiary/aromatic N) is 1. The lowest BCUT2D eigenvalue weighted by atomic mass is 10.2. The molecule has 1 N–H and O–H groups in total. The second kappa shape index (κ2) is 7.92. The molecular formula is C18H22N2O2S. The Hall–Kier alpha value is -2.14. The van der Waals surface area contributed by atoms with Crippen LogP contribution in [0.1, 0.15) is 6.92 Å². The zero-order valence-corrected chi connectivity index (χ0v) is 14.7. The molecule has 0 aliphatic carbocycles. The topological polar surface area (TPSA) is 41.6 Å². The number of methoxy groups -OCH3 is 1. The molecular weight excluding hydrogens is 308 g/mol. The van der Waals surface area contributed by atoms with Crippen LogP contribution >= 0.6 is 11.8 Å². The van der Waals surface area contributed by atoms with E-state index in [2.05, 4.69) is 5.32 Å². The molecule has 2 aromatic carbocycles. The molecule has 0 saturated carbocycles. The second-order valence-corrected chi connectivity index (χ2v) is 6.78. The van der Waals surface area contributed by atoms with Crippen molar-refractivity contribution in [3.05, 3.63) is 48.5 Å². The van der Waals surface area contributed by atoms with Crippen LogP contribution in [-0.2, 0) is 4.79 Å². The van der Waals surface area contributed by atoms with Gasteiger partial charge in [-0.3, -0.25) is 4.79 Å². The molecule has 23 heavy (non-hydrogen) atoms. The first-order valence-corrected chi connectivity index (χ1v) is 8.26. The minimum Gasteiger partial charge on any atom is -0.497 e. The maximum atomic E-state index is 12.3. The van der Waals surface area contributed by atoms with Gasteiger partial charge in [-0.1, -0.05) is 6.07 Å². The summed E-state index contributed by atoms with van der Waals surface area (Å²) in [4.78, 5) is 15.3. The molecule has 0 radical (unpaired) electrons. The Balaban J connectivity index is 1.96. The number of benzene rings is 2. The average molecular weight is 330 g/mol. The monoisotopic (exact) mass is 330 g/mol. The number of carbonyl (C=O) groups is 1. The number of hydrogen-bond acceptors (Lipinski definition) is 4. The van der Waals surface area contributed by atoms with Crippen molar-refractivity contribution < 1.29 is 9.53 Å². The van der Waals surface area contributed by atoms with Crippen molar-refractivity contribution in [2.45, 2.75) is 17.1 Å². The highest BCUT2D eigenvalue weighted by atomic mass is 32.2. The van der Waals surface area contributed by atoms with E-state index in [0.29, 0.717) is 0 Å². The lowest BCUT2D eigenvalue weighted by molar-refractivity contribution is -0.115. The first-order chi connectivity index (χ1) is 11.0. The molecule has 0 aliphatic heterocycles. The molecule has 0 spiro atoms. The van der Waals surface area contributed by atoms with Crippen molar-refractivity contribution in [1.29, 1.82) is 0 Å². The van der Waals surface area contributed by atoms with Gasteiger partial charge in [-0.15, -0.1) is 11.8 Å². The molecule has 0 aromatic heterocycles. The Morgan fingerprint density at radius 3 is 2.48 bits per heavy atom. The van der Waals surface area contributed by atoms with Gasteiger partial charge in [-0.05, 0) is 49.4 Å². The third-order valence-corrected chi connectivity index (χ3v) is 4.47. The van der Waals surface area contributed by atoms with E-state index in [0.717, 1.165) is 22.0 Å². The van der Waals surface area contributed by atoms with Crippen molar-refractivity contribution in [1.82, 2.24) is 0 Å². The van der Waals surface area contributed by atoms with E-state index in [9.17, 15) is 4.79 Å². The number of rotatable bonds is 6. The third kappa shape index (κ3) is 4.93. The number of ether oxygens (including phenoxy) is 1. The highest BCUT2D eigenvalue weighted by Gasteiger charge is 2.15. The Kier molecular flexibility index (Phi) is 5.93. The summed E-state index contributed by atoms with van der Waals surface area (Å²) < 4.78 is 5.21. The van der Waals surface area contributed by atoms with Gasteiger partial charge in [0.2, 0.25) is 5.91 Å². The second-order valence-electron chi connectivity index (χ2n) is 5.37. The average Bonchev–Trinajstić information content (AvgIpc) is 2.55. The lowest BCUT2D eigenvalue weighted by Gasteiger charge is -2.15. The van der Waals surface area contributed by atoms with Crippen LogP contribution in [0, 0.1) is 0 Å². The molecule has 122 valence electrons. The van der Waals surface area contributed by atoms with Gasteiger partial charge in [0.05, 0.1) is 12.4 Å². The molecule has 5 heteroatoms. The molecule has 2 rings (SSSR count). The minimum absolute atomic E-state index is 0.0181. The van der Waals surface area contributed by atoms with Gasteiger partial charge in [0.1, 0.15) is 5.75 Å². The van der Waals surface area contributed by atoms with Crippen molar-refractivity contribution in [2.75, 3.05) is 31.4 Å². The number of hydrogen-bond donors (Lipinski definition) is 1. The molecule has 0 bridgehead atoms. The van der Waals surface area contributed by atoms with E-state index in [-0.39, 0.29) is 11.2 Å². The summed E-state index contributed by atoms with van der Waals surface area (Å²) in [5, 5.41) is 2.75. The molecule has 1 amide bonds. The van der Waals surface area contributed by atoms with Crippen molar-refractivity contribution in [3.63, 3.8) is 0 Å². The molecule has 0 aliphatic rings. The summed E-state index contributed by atoms with van der Waals surface area (Å²) in [5.41, 5.74) is 1.90. The van der Waals surface area contributed by atoms with E-state index in [4.69, 9.17) is 4.74 Å². The van der Waals surface area contributed by atoms with Crippen molar-refractivity contribution in [3.8, 4) is 5.75 Å². The molecule has 0 fully saturated rings. The van der Waals surface area contributed by atoms with Gasteiger partial charge in [0.15, 0.2) is 0 Å². The molecule has 0 unspecified atom stereocenters. The van der Waals surface area contributed by atoms with Gasteiger partial charge in [-0.25, -0.2) is 0 Å². The molecule has 0 saturated heterocycles. The van der Waals surface area contributed by atoms with Crippen LogP contribution in [0.3, 0.4) is 0 Å². The fourth-order valence-electron chi connectivity index (χ4n) is 2.02. The molecule has 2 aromatic rings. The standard InChI is InChI=1S/C18H22N2O2S/c1-13(23-17-7-5-6-16(12-17)22-4)18(21)19-14-8-10-15(11-9-14)20(2)3/h5-13H,1-4H3,(H,19,21)/t13-/m1/s1. The summed E-state index contributed by atoms with van der Waals surface area (Å²) in [6.45, 7) is 1.90. The van der Waals surface area contributed by atoms with Gasteiger partial charge in [-0.2, -0.15) is 0 Å². The third-order valence-electron chi connectivity index (χ3n) is 3.37. The predicted molar refractivity (Wildman–Crippen MR) is 97.7 cm³/mol. The Bertz CT molecular complexity index is 656. The highest BCUT2D eigenvalue weighted by Crippen LogP contribution is 2.27. The Labute approximate surface area is 141 Å². The van der Waals surface area contributed by atoms with Gasteiger partial charge < -0.3 is 15.0 Å². The number of anilines is 2. The van der Waals surface area contributed by atoms with E-state index in [1.165, 1.54) is 11.8 Å². The molecule has 4 nitrogen and oxygen atoms in total. The fourth-order valence-corrected chi connectivity index (χ4v) is 2.93. The van der Waals surface area contributed by atoms with Crippen LogP contribution in [0.2, 0.25) is 0 Å². The van der Waals surface area contributed by atoms with Crippen molar-refractivity contribution >= 4 is 29.0 Å². The largest absolute Gasteiger partial charge is 0.497 e. The minimum atomic E-state index is -0.198. The maximum Gasteiger partial charge on any atom is 0.237 e. The Morgan fingerprint density at radius 1 is 1.17 bits per heavy atom. The number of amides is 1. The SMILES string of the molecule is COc1cccc(S[C@H](C)C(=O)Nc2ccc(N(C)C)cc2)c1. The van der Waals surface area contributed by atoms with Gasteiger partial charge in [0.25, 0.3) is 0 Å². The van der Waals surface area contributed by atoms with Crippen LogP contribution in [0.25, 0.3) is 0 Å². The zero-order valence-electron chi connectivity index (χ0n) is 13.9. The lowest BCUT2D eigenvalue weighted by Crippen LogP contribution is -2.22. The Morgan fingerprint density at radius 2 is 1.87 bits per heavy atom. The van der Waals surface area contributed by atoms with Crippen LogP contribution in [0.5, 0.6) is 5.75 Å². The summed E-state index contributed by atoms with van der Waals surface area (Å²) in [6, 6.07) is 15.5. The molecule has 0 heterocycles. The zero-order chi connectivity index (χ0) is 16.8. The highest BCUT2D eigenvalue weighted by molar-refractivity contribution is 8.00. The van der Waals surface area contributed by atoms with Crippen LogP contribution in [-0.4, -0.2) is 32.4 Å². The summed E-state index contributed by atoms with van der Waals surface area (Å²) >= 11 is 1.51. The predicted octanol–water partition coefficient (Wildman–Crippen LogP) is 3.88. The smallest absolute Gasteiger partial charge is 0.237 e. The van der Waals surface area contributed by atoms with E-state index < -0.39 is 0 Å². The normalized spacial score (nSPS) is 11.7. The van der Waals surface area contributed by atoms with E-state index in [1.807, 2.05) is 74.4 Å². The first kappa shape index (κ1) is 17.2. The summed E-state index contributed by atoms with van der Waals surface area (Å²) in [6.07, 6.45) is 0. The van der Waals surface area contributed by atoms with Crippen LogP contribution in [0.15, 0.2) is 53.4 Å². The van der Waals surface area contributed by atoms with Gasteiger partial charge in [0, 0.05) is 30.4 Å². The fraction of sp³-hybridized carbons (Fsp3) is 0.278. The number of thioether (sulfide) groups is 1. The summed E-state index contributed by atoms with van der Waals surface area (Å²) in [5.74, 6) is 0.775. The van der Waals surface area contributed by atoms with Gasteiger partial charge >= 0.3 is 0 Å². The first-order valence-electron chi connectivity index (χ1n) is 7.38. The van der Waals surface area contributed by atoms with Crippen LogP contribution in [0.4, 0.5) is 11.4 Å².